The van der Waals surface area contributed by atoms with Crippen LogP contribution in [0, 0.1) is 5.92 Å². The van der Waals surface area contributed by atoms with E-state index in [1.165, 1.54) is 0 Å². The third-order valence-corrected chi connectivity index (χ3v) is 7.11. The van der Waals surface area contributed by atoms with Crippen molar-refractivity contribution >= 4 is 18.0 Å². The maximum Gasteiger partial charge on any atom is 0.407 e. The highest BCUT2D eigenvalue weighted by Gasteiger charge is 2.30. The number of alkyl carbamates (subject to hydrolysis) is 1. The Morgan fingerprint density at radius 2 is 1.61 bits per heavy atom. The van der Waals surface area contributed by atoms with Crippen molar-refractivity contribution in [2.75, 3.05) is 32.8 Å². The summed E-state index contributed by atoms with van der Waals surface area (Å²) >= 11 is 0. The third kappa shape index (κ3) is 6.05. The van der Waals surface area contributed by atoms with Gasteiger partial charge in [0.1, 0.15) is 12.6 Å². The Labute approximate surface area is 211 Å². The largest absolute Gasteiger partial charge is 0.480 e. The number of amides is 1. The molecule has 2 N–H and O–H groups in total. The molecular weight excluding hydrogens is 460 g/mol. The maximum atomic E-state index is 12.5. The topological polar surface area (TPSA) is 105 Å². The van der Waals surface area contributed by atoms with E-state index >= 15 is 0 Å². The number of carbonyl (C=O) groups excluding carboxylic acids is 2. The lowest BCUT2D eigenvalue weighted by atomic mass is 9.97. The van der Waals surface area contributed by atoms with E-state index < -0.39 is 18.1 Å². The SMILES string of the molecule is CCOC(=O)C1CCN(CCCC(NC(=O)OCC2c3ccccc3-c3ccccc32)C(=O)O)CC1. The molecule has 0 saturated carbocycles. The number of aliphatic carboxylic acids is 1. The average Bonchev–Trinajstić information content (AvgIpc) is 3.21. The molecule has 0 radical (unpaired) electrons. The van der Waals surface area contributed by atoms with Gasteiger partial charge in [-0.05, 0) is 74.5 Å². The Balaban J connectivity index is 1.23. The fourth-order valence-corrected chi connectivity index (χ4v) is 5.21. The fourth-order valence-electron chi connectivity index (χ4n) is 5.21. The van der Waals surface area contributed by atoms with Crippen molar-refractivity contribution in [1.29, 1.82) is 0 Å². The molecule has 1 fully saturated rings. The third-order valence-electron chi connectivity index (χ3n) is 7.11. The van der Waals surface area contributed by atoms with Crippen LogP contribution >= 0.6 is 0 Å². The molecule has 1 amide bonds. The summed E-state index contributed by atoms with van der Waals surface area (Å²) in [5.74, 6) is -1.34. The van der Waals surface area contributed by atoms with Crippen molar-refractivity contribution in [3.63, 3.8) is 0 Å². The van der Waals surface area contributed by atoms with Crippen LogP contribution in [0.2, 0.25) is 0 Å². The van der Waals surface area contributed by atoms with E-state index in [1.807, 2.05) is 43.3 Å². The van der Waals surface area contributed by atoms with Crippen LogP contribution in [0.5, 0.6) is 0 Å². The number of piperidine rings is 1. The summed E-state index contributed by atoms with van der Waals surface area (Å²) in [5, 5.41) is 12.1. The standard InChI is InChI=1S/C28H34N2O6/c1-2-35-27(33)19-13-16-30(17-14-19)15-7-12-25(26(31)32)29-28(34)36-18-24-22-10-5-3-8-20(22)21-9-4-6-11-23(21)24/h3-6,8-11,19,24-25H,2,7,12-18H2,1H3,(H,29,34)(H,31,32). The van der Waals surface area contributed by atoms with E-state index in [2.05, 4.69) is 22.3 Å². The molecule has 8 heteroatoms. The van der Waals surface area contributed by atoms with Crippen LogP contribution in [0.25, 0.3) is 11.1 Å². The highest BCUT2D eigenvalue weighted by atomic mass is 16.5. The molecule has 1 heterocycles. The second-order valence-corrected chi connectivity index (χ2v) is 9.37. The molecule has 1 unspecified atom stereocenters. The van der Waals surface area contributed by atoms with Gasteiger partial charge in [0.2, 0.25) is 0 Å². The zero-order valence-electron chi connectivity index (χ0n) is 20.7. The molecule has 1 atom stereocenters. The maximum absolute atomic E-state index is 12.5. The minimum atomic E-state index is -1.08. The van der Waals surface area contributed by atoms with E-state index in [9.17, 15) is 19.5 Å². The molecule has 2 aliphatic rings. The summed E-state index contributed by atoms with van der Waals surface area (Å²) in [5.41, 5.74) is 4.48. The monoisotopic (exact) mass is 494 g/mol. The number of benzene rings is 2. The van der Waals surface area contributed by atoms with Crippen LogP contribution in [-0.2, 0) is 19.1 Å². The molecule has 1 aliphatic carbocycles. The molecule has 4 rings (SSSR count). The quantitative estimate of drug-likeness (QED) is 0.481. The van der Waals surface area contributed by atoms with Gasteiger partial charge in [-0.2, -0.15) is 0 Å². The Bertz CT molecular complexity index is 1030. The Morgan fingerprint density at radius 1 is 1.00 bits per heavy atom. The normalized spacial score (nSPS) is 16.6. The zero-order valence-corrected chi connectivity index (χ0v) is 20.7. The first-order chi connectivity index (χ1) is 17.5. The van der Waals surface area contributed by atoms with Crippen LogP contribution in [-0.4, -0.2) is 66.9 Å². The number of likely N-dealkylation sites (tertiary alicyclic amines) is 1. The number of hydrogen-bond acceptors (Lipinski definition) is 6. The van der Waals surface area contributed by atoms with E-state index in [4.69, 9.17) is 9.47 Å². The Morgan fingerprint density at radius 3 is 2.19 bits per heavy atom. The second kappa shape index (κ2) is 12.0. The van der Waals surface area contributed by atoms with Crippen LogP contribution in [0.3, 0.4) is 0 Å². The predicted molar refractivity (Wildman–Crippen MR) is 135 cm³/mol. The lowest BCUT2D eigenvalue weighted by Crippen LogP contribution is -2.42. The molecule has 0 aromatic heterocycles. The predicted octanol–water partition coefficient (Wildman–Crippen LogP) is 4.03. The van der Waals surface area contributed by atoms with E-state index in [1.54, 1.807) is 0 Å². The lowest BCUT2D eigenvalue weighted by molar-refractivity contribution is -0.149. The fraction of sp³-hybridized carbons (Fsp3) is 0.464. The number of nitrogens with zero attached hydrogens (tertiary/aromatic N) is 1. The van der Waals surface area contributed by atoms with E-state index in [-0.39, 0.29) is 24.4 Å². The summed E-state index contributed by atoms with van der Waals surface area (Å²) < 4.78 is 10.6. The average molecular weight is 495 g/mol. The number of fused-ring (bicyclic) bond motifs is 3. The number of nitrogens with one attached hydrogen (secondary N) is 1. The number of esters is 1. The van der Waals surface area contributed by atoms with E-state index in [0.717, 1.165) is 48.2 Å². The summed E-state index contributed by atoms with van der Waals surface area (Å²) in [7, 11) is 0. The van der Waals surface area contributed by atoms with Crippen molar-refractivity contribution in [3.05, 3.63) is 59.7 Å². The molecular formula is C28H34N2O6. The highest BCUT2D eigenvalue weighted by molar-refractivity contribution is 5.81. The molecule has 8 nitrogen and oxygen atoms in total. The molecule has 2 aromatic rings. The summed E-state index contributed by atoms with van der Waals surface area (Å²) in [6, 6.07) is 15.1. The first-order valence-electron chi connectivity index (χ1n) is 12.7. The van der Waals surface area contributed by atoms with Crippen LogP contribution in [0.4, 0.5) is 4.79 Å². The molecule has 1 saturated heterocycles. The van der Waals surface area contributed by atoms with Crippen LogP contribution < -0.4 is 5.32 Å². The number of carboxylic acids is 1. The van der Waals surface area contributed by atoms with Crippen molar-refractivity contribution in [2.45, 2.75) is 44.6 Å². The Kier molecular flexibility index (Phi) is 8.59. The van der Waals surface area contributed by atoms with Gasteiger partial charge in [0.15, 0.2) is 0 Å². The van der Waals surface area contributed by atoms with Gasteiger partial charge in [0, 0.05) is 5.92 Å². The number of ether oxygens (including phenoxy) is 2. The summed E-state index contributed by atoms with van der Waals surface area (Å²) in [6.07, 6.45) is 1.69. The summed E-state index contributed by atoms with van der Waals surface area (Å²) in [4.78, 5) is 38.4. The first kappa shape index (κ1) is 25.7. The van der Waals surface area contributed by atoms with Gasteiger partial charge in [0.25, 0.3) is 0 Å². The highest BCUT2D eigenvalue weighted by Crippen LogP contribution is 2.44. The molecule has 2 aromatic carbocycles. The zero-order chi connectivity index (χ0) is 25.5. The molecule has 1 aliphatic heterocycles. The molecule has 192 valence electrons. The molecule has 0 spiro atoms. The lowest BCUT2D eigenvalue weighted by Gasteiger charge is -2.31. The first-order valence-corrected chi connectivity index (χ1v) is 12.7. The van der Waals surface area contributed by atoms with Crippen molar-refractivity contribution in [1.82, 2.24) is 10.2 Å². The number of carbonyl (C=O) groups is 3. The van der Waals surface area contributed by atoms with Crippen molar-refractivity contribution in [3.8, 4) is 11.1 Å². The van der Waals surface area contributed by atoms with Crippen molar-refractivity contribution < 1.29 is 29.0 Å². The summed E-state index contributed by atoms with van der Waals surface area (Å²) in [6.45, 7) is 4.62. The molecule has 36 heavy (non-hydrogen) atoms. The van der Waals surface area contributed by atoms with Gasteiger partial charge in [-0.3, -0.25) is 4.79 Å². The van der Waals surface area contributed by atoms with Gasteiger partial charge in [-0.15, -0.1) is 0 Å². The van der Waals surface area contributed by atoms with Crippen LogP contribution in [0.1, 0.15) is 49.7 Å². The van der Waals surface area contributed by atoms with Gasteiger partial charge < -0.3 is 24.8 Å². The van der Waals surface area contributed by atoms with Gasteiger partial charge >= 0.3 is 18.0 Å². The second-order valence-electron chi connectivity index (χ2n) is 9.37. The number of rotatable bonds is 10. The Hall–Kier alpha value is -3.39. The minimum Gasteiger partial charge on any atom is -0.480 e. The van der Waals surface area contributed by atoms with Gasteiger partial charge in [0.05, 0.1) is 12.5 Å². The van der Waals surface area contributed by atoms with Gasteiger partial charge in [-0.1, -0.05) is 48.5 Å². The molecule has 0 bridgehead atoms. The number of hydrogen-bond donors (Lipinski definition) is 2. The van der Waals surface area contributed by atoms with Gasteiger partial charge in [-0.25, -0.2) is 9.59 Å². The minimum absolute atomic E-state index is 0.0526. The van der Waals surface area contributed by atoms with Crippen LogP contribution in [0.15, 0.2) is 48.5 Å². The van der Waals surface area contributed by atoms with Crippen molar-refractivity contribution in [2.24, 2.45) is 5.92 Å². The van der Waals surface area contributed by atoms with E-state index in [0.29, 0.717) is 26.0 Å². The number of carboxylic acid groups (broad SMARTS) is 1. The smallest absolute Gasteiger partial charge is 0.407 e.